The number of amides is 1. The van der Waals surface area contributed by atoms with Gasteiger partial charge in [0.25, 0.3) is 5.91 Å². The highest BCUT2D eigenvalue weighted by molar-refractivity contribution is 5.94. The Morgan fingerprint density at radius 3 is 3.05 bits per heavy atom. The van der Waals surface area contributed by atoms with Crippen LogP contribution in [0.3, 0.4) is 0 Å². The van der Waals surface area contributed by atoms with Crippen molar-refractivity contribution < 1.29 is 9.21 Å². The molecule has 2 aromatic heterocycles. The number of carbonyl (C=O) groups excluding carboxylic acids is 1. The number of pyridine rings is 1. The molecule has 102 valence electrons. The van der Waals surface area contributed by atoms with E-state index in [1.54, 1.807) is 18.3 Å². The van der Waals surface area contributed by atoms with Crippen LogP contribution in [0.25, 0.3) is 0 Å². The van der Waals surface area contributed by atoms with Crippen molar-refractivity contribution in [2.24, 2.45) is 11.0 Å². The lowest BCUT2D eigenvalue weighted by Gasteiger charge is -1.97. The molecule has 0 unspecified atom stereocenters. The second-order valence-corrected chi connectivity index (χ2v) is 5.00. The monoisotopic (exact) mass is 269 g/mol. The molecule has 20 heavy (non-hydrogen) atoms. The number of furan rings is 1. The van der Waals surface area contributed by atoms with Gasteiger partial charge in [-0.15, -0.1) is 0 Å². The smallest absolute Gasteiger partial charge is 0.272 e. The summed E-state index contributed by atoms with van der Waals surface area (Å²) in [5, 5.41) is 3.88. The summed E-state index contributed by atoms with van der Waals surface area (Å²) in [6.45, 7) is 2.20. The zero-order valence-electron chi connectivity index (χ0n) is 11.1. The predicted octanol–water partition coefficient (Wildman–Crippen LogP) is 2.56. The maximum atomic E-state index is 11.7. The van der Waals surface area contributed by atoms with Crippen molar-refractivity contribution in [3.8, 4) is 0 Å². The first-order chi connectivity index (χ1) is 9.74. The summed E-state index contributed by atoms with van der Waals surface area (Å²) in [4.78, 5) is 15.6. The predicted molar refractivity (Wildman–Crippen MR) is 74.5 cm³/mol. The van der Waals surface area contributed by atoms with Crippen LogP contribution in [0.2, 0.25) is 0 Å². The third-order valence-electron chi connectivity index (χ3n) is 3.40. The first-order valence-corrected chi connectivity index (χ1v) is 6.57. The Morgan fingerprint density at radius 1 is 1.50 bits per heavy atom. The molecule has 1 fully saturated rings. The standard InChI is InChI=1S/C15H15N3O2/c1-10-7-13(10)14-5-4-12(20-14)9-17-18-15(19)11-3-2-6-16-8-11/h2-6,8-10,13H,7H2,1H3,(H,18,19)/b17-9-/t10-,13-/m0/s1. The lowest BCUT2D eigenvalue weighted by molar-refractivity contribution is 0.0955. The zero-order valence-corrected chi connectivity index (χ0v) is 11.1. The Morgan fingerprint density at radius 2 is 2.35 bits per heavy atom. The molecule has 3 rings (SSSR count). The highest BCUT2D eigenvalue weighted by Crippen LogP contribution is 2.47. The van der Waals surface area contributed by atoms with E-state index < -0.39 is 0 Å². The first-order valence-electron chi connectivity index (χ1n) is 6.57. The van der Waals surface area contributed by atoms with Crippen LogP contribution in [0, 0.1) is 5.92 Å². The maximum Gasteiger partial charge on any atom is 0.272 e. The van der Waals surface area contributed by atoms with E-state index in [1.165, 1.54) is 18.8 Å². The number of hydrogen-bond acceptors (Lipinski definition) is 4. The normalized spacial score (nSPS) is 21.1. The number of nitrogens with one attached hydrogen (secondary N) is 1. The van der Waals surface area contributed by atoms with Crippen molar-refractivity contribution in [1.29, 1.82) is 0 Å². The van der Waals surface area contributed by atoms with Crippen LogP contribution in [0.5, 0.6) is 0 Å². The van der Waals surface area contributed by atoms with Crippen molar-refractivity contribution in [2.75, 3.05) is 0 Å². The third kappa shape index (κ3) is 2.77. The summed E-state index contributed by atoms with van der Waals surface area (Å²) >= 11 is 0. The van der Waals surface area contributed by atoms with Gasteiger partial charge >= 0.3 is 0 Å². The highest BCUT2D eigenvalue weighted by Gasteiger charge is 2.36. The zero-order chi connectivity index (χ0) is 13.9. The van der Waals surface area contributed by atoms with Crippen molar-refractivity contribution in [2.45, 2.75) is 19.3 Å². The lowest BCUT2D eigenvalue weighted by Crippen LogP contribution is -2.17. The summed E-state index contributed by atoms with van der Waals surface area (Å²) in [5.41, 5.74) is 2.91. The quantitative estimate of drug-likeness (QED) is 0.685. The molecule has 1 saturated carbocycles. The Bertz CT molecular complexity index is 634. The van der Waals surface area contributed by atoms with Crippen LogP contribution in [0.15, 0.2) is 46.2 Å². The van der Waals surface area contributed by atoms with E-state index in [0.717, 1.165) is 5.76 Å². The van der Waals surface area contributed by atoms with Crippen molar-refractivity contribution in [3.63, 3.8) is 0 Å². The molecule has 2 heterocycles. The fraction of sp³-hybridized carbons (Fsp3) is 0.267. The van der Waals surface area contributed by atoms with E-state index in [9.17, 15) is 4.79 Å². The largest absolute Gasteiger partial charge is 0.460 e. The molecule has 2 atom stereocenters. The molecule has 0 aromatic carbocycles. The van der Waals surface area contributed by atoms with Gasteiger partial charge in [-0.2, -0.15) is 5.10 Å². The third-order valence-corrected chi connectivity index (χ3v) is 3.40. The maximum absolute atomic E-state index is 11.7. The molecule has 1 aliphatic carbocycles. The fourth-order valence-corrected chi connectivity index (χ4v) is 2.07. The van der Waals surface area contributed by atoms with Gasteiger partial charge in [0.15, 0.2) is 0 Å². The second kappa shape index (κ2) is 5.28. The average molecular weight is 269 g/mol. The molecule has 0 radical (unpaired) electrons. The molecule has 5 heteroatoms. The molecule has 5 nitrogen and oxygen atoms in total. The number of hydrogen-bond donors (Lipinski definition) is 1. The van der Waals surface area contributed by atoms with Crippen LogP contribution in [-0.4, -0.2) is 17.1 Å². The van der Waals surface area contributed by atoms with Gasteiger partial charge in [0.2, 0.25) is 0 Å². The average Bonchev–Trinajstić information content (AvgIpc) is 3.01. The topological polar surface area (TPSA) is 67.5 Å². The number of aromatic nitrogens is 1. The van der Waals surface area contributed by atoms with E-state index in [4.69, 9.17) is 4.42 Å². The lowest BCUT2D eigenvalue weighted by atomic mass is 10.3. The van der Waals surface area contributed by atoms with Crippen LogP contribution in [-0.2, 0) is 0 Å². The van der Waals surface area contributed by atoms with Gasteiger partial charge in [0.1, 0.15) is 11.5 Å². The molecule has 1 N–H and O–H groups in total. The second-order valence-electron chi connectivity index (χ2n) is 5.00. The minimum atomic E-state index is -0.294. The molecule has 0 saturated heterocycles. The Balaban J connectivity index is 1.58. The molecule has 0 bridgehead atoms. The van der Waals surface area contributed by atoms with E-state index in [1.807, 2.05) is 12.1 Å². The molecule has 1 amide bonds. The minimum Gasteiger partial charge on any atom is -0.460 e. The Labute approximate surface area is 116 Å². The van der Waals surface area contributed by atoms with Gasteiger partial charge < -0.3 is 4.42 Å². The van der Waals surface area contributed by atoms with Crippen molar-refractivity contribution in [3.05, 3.63) is 53.7 Å². The highest BCUT2D eigenvalue weighted by atomic mass is 16.3. The first kappa shape index (κ1) is 12.6. The molecule has 1 aliphatic rings. The van der Waals surface area contributed by atoms with Crippen LogP contribution in [0.1, 0.15) is 41.1 Å². The summed E-state index contributed by atoms with van der Waals surface area (Å²) in [6, 6.07) is 7.21. The fourth-order valence-electron chi connectivity index (χ4n) is 2.07. The van der Waals surface area contributed by atoms with Crippen LogP contribution in [0.4, 0.5) is 0 Å². The Kier molecular flexibility index (Phi) is 3.33. The van der Waals surface area contributed by atoms with Gasteiger partial charge in [0.05, 0.1) is 11.8 Å². The SMILES string of the molecule is C[C@H]1C[C@@H]1c1ccc(/C=N\NC(=O)c2cccnc2)o1. The molecular formula is C15H15N3O2. The van der Waals surface area contributed by atoms with Gasteiger partial charge in [-0.05, 0) is 36.6 Å². The van der Waals surface area contributed by atoms with Crippen molar-refractivity contribution >= 4 is 12.1 Å². The molecular weight excluding hydrogens is 254 g/mol. The van der Waals surface area contributed by atoms with E-state index in [-0.39, 0.29) is 5.91 Å². The van der Waals surface area contributed by atoms with Gasteiger partial charge in [0, 0.05) is 18.3 Å². The Hall–Kier alpha value is -2.43. The van der Waals surface area contributed by atoms with Gasteiger partial charge in [-0.3, -0.25) is 9.78 Å². The summed E-state index contributed by atoms with van der Waals surface area (Å²) in [5.74, 6) is 2.60. The van der Waals surface area contributed by atoms with Gasteiger partial charge in [-0.1, -0.05) is 6.92 Å². The van der Waals surface area contributed by atoms with Crippen LogP contribution >= 0.6 is 0 Å². The summed E-state index contributed by atoms with van der Waals surface area (Å²) in [7, 11) is 0. The molecule has 0 aliphatic heterocycles. The molecule has 0 spiro atoms. The molecule has 2 aromatic rings. The number of rotatable bonds is 4. The number of nitrogens with zero attached hydrogens (tertiary/aromatic N) is 2. The van der Waals surface area contributed by atoms with E-state index in [0.29, 0.717) is 23.2 Å². The summed E-state index contributed by atoms with van der Waals surface area (Å²) < 4.78 is 5.65. The van der Waals surface area contributed by atoms with Gasteiger partial charge in [-0.25, -0.2) is 5.43 Å². The summed E-state index contributed by atoms with van der Waals surface area (Å²) in [6.07, 6.45) is 5.79. The number of carbonyl (C=O) groups is 1. The number of hydrazone groups is 1. The van der Waals surface area contributed by atoms with Crippen molar-refractivity contribution in [1.82, 2.24) is 10.4 Å². The minimum absolute atomic E-state index is 0.294. The van der Waals surface area contributed by atoms with E-state index in [2.05, 4.69) is 22.4 Å². The van der Waals surface area contributed by atoms with E-state index >= 15 is 0 Å². The van der Waals surface area contributed by atoms with Crippen LogP contribution < -0.4 is 5.43 Å².